The summed E-state index contributed by atoms with van der Waals surface area (Å²) in [5.41, 5.74) is 1.80. The molecule has 110 valence electrons. The Morgan fingerprint density at radius 1 is 1.33 bits per heavy atom. The van der Waals surface area contributed by atoms with Crippen molar-refractivity contribution in [3.05, 3.63) is 30.6 Å². The summed E-state index contributed by atoms with van der Waals surface area (Å²) in [6.07, 6.45) is 4.44. The molecule has 0 aliphatic carbocycles. The molecule has 2 heterocycles. The second kappa shape index (κ2) is 5.87. The molecule has 1 aromatic heterocycles. The molecule has 0 amide bonds. The molecule has 6 heteroatoms. The highest BCUT2D eigenvalue weighted by Gasteiger charge is 2.16. The zero-order valence-corrected chi connectivity index (χ0v) is 11.5. The quantitative estimate of drug-likeness (QED) is 0.933. The largest absolute Gasteiger partial charge is 0.490 e. The van der Waals surface area contributed by atoms with Gasteiger partial charge in [-0.2, -0.15) is 5.10 Å². The van der Waals surface area contributed by atoms with Crippen molar-refractivity contribution in [2.45, 2.75) is 19.4 Å². The third-order valence-electron chi connectivity index (χ3n) is 3.27. The van der Waals surface area contributed by atoms with Gasteiger partial charge in [-0.15, -0.1) is 0 Å². The van der Waals surface area contributed by atoms with Gasteiger partial charge in [0.1, 0.15) is 0 Å². The molecule has 1 aromatic carbocycles. The predicted octanol–water partition coefficient (Wildman–Crippen LogP) is 2.19. The van der Waals surface area contributed by atoms with Crippen LogP contribution in [0.2, 0.25) is 0 Å². The van der Waals surface area contributed by atoms with Crippen LogP contribution in [-0.4, -0.2) is 34.1 Å². The second-order valence-electron chi connectivity index (χ2n) is 4.82. The van der Waals surface area contributed by atoms with Gasteiger partial charge in [-0.05, 0) is 6.07 Å². The summed E-state index contributed by atoms with van der Waals surface area (Å²) in [5, 5.41) is 12.9. The molecule has 21 heavy (non-hydrogen) atoms. The molecule has 0 bridgehead atoms. The highest BCUT2D eigenvalue weighted by Crippen LogP contribution is 2.39. The Bertz CT molecular complexity index is 651. The third-order valence-corrected chi connectivity index (χ3v) is 3.27. The smallest absolute Gasteiger partial charge is 0.305 e. The fourth-order valence-electron chi connectivity index (χ4n) is 2.26. The van der Waals surface area contributed by atoms with E-state index in [4.69, 9.17) is 14.6 Å². The summed E-state index contributed by atoms with van der Waals surface area (Å²) in [5.74, 6) is 0.633. The number of aryl methyl sites for hydroxylation is 1. The Kier molecular flexibility index (Phi) is 3.77. The molecule has 0 saturated heterocycles. The number of hydrogen-bond donors (Lipinski definition) is 1. The number of para-hydroxylation sites is 1. The van der Waals surface area contributed by atoms with Gasteiger partial charge in [-0.1, -0.05) is 12.1 Å². The SMILES string of the molecule is O=C(O)CCn1cc(-c2cccc3c2OCCCO3)cn1. The van der Waals surface area contributed by atoms with Crippen molar-refractivity contribution in [2.24, 2.45) is 0 Å². The lowest BCUT2D eigenvalue weighted by molar-refractivity contribution is -0.137. The van der Waals surface area contributed by atoms with Crippen molar-refractivity contribution in [3.8, 4) is 22.6 Å². The first-order valence-corrected chi connectivity index (χ1v) is 6.87. The van der Waals surface area contributed by atoms with Crippen LogP contribution in [0.4, 0.5) is 0 Å². The molecule has 0 atom stereocenters. The number of carbonyl (C=O) groups is 1. The van der Waals surface area contributed by atoms with Crippen LogP contribution in [0.3, 0.4) is 0 Å². The first-order valence-electron chi connectivity index (χ1n) is 6.87. The van der Waals surface area contributed by atoms with Gasteiger partial charge in [-0.25, -0.2) is 0 Å². The zero-order chi connectivity index (χ0) is 14.7. The minimum absolute atomic E-state index is 0.0492. The van der Waals surface area contributed by atoms with E-state index in [0.717, 1.165) is 29.0 Å². The maximum atomic E-state index is 10.6. The maximum Gasteiger partial charge on any atom is 0.305 e. The van der Waals surface area contributed by atoms with Gasteiger partial charge in [-0.3, -0.25) is 9.48 Å². The van der Waals surface area contributed by atoms with E-state index >= 15 is 0 Å². The Morgan fingerprint density at radius 3 is 3.05 bits per heavy atom. The summed E-state index contributed by atoms with van der Waals surface area (Å²) in [6, 6.07) is 5.75. The highest BCUT2D eigenvalue weighted by molar-refractivity contribution is 5.73. The van der Waals surface area contributed by atoms with Gasteiger partial charge in [0, 0.05) is 23.7 Å². The lowest BCUT2D eigenvalue weighted by Crippen LogP contribution is -2.04. The Hall–Kier alpha value is -2.50. The van der Waals surface area contributed by atoms with Crippen molar-refractivity contribution < 1.29 is 19.4 Å². The highest BCUT2D eigenvalue weighted by atomic mass is 16.5. The summed E-state index contributed by atoms with van der Waals surface area (Å²) in [7, 11) is 0. The number of nitrogens with zero attached hydrogens (tertiary/aromatic N) is 2. The van der Waals surface area contributed by atoms with Crippen LogP contribution in [0, 0.1) is 0 Å². The number of carboxylic acid groups (broad SMARTS) is 1. The van der Waals surface area contributed by atoms with E-state index in [1.54, 1.807) is 10.9 Å². The number of benzene rings is 1. The molecule has 1 aliphatic rings. The molecule has 0 fully saturated rings. The number of rotatable bonds is 4. The van der Waals surface area contributed by atoms with E-state index in [-0.39, 0.29) is 6.42 Å². The number of carboxylic acids is 1. The monoisotopic (exact) mass is 288 g/mol. The van der Waals surface area contributed by atoms with Crippen LogP contribution in [0.1, 0.15) is 12.8 Å². The predicted molar refractivity (Wildman–Crippen MR) is 75.5 cm³/mol. The molecular weight excluding hydrogens is 272 g/mol. The topological polar surface area (TPSA) is 73.6 Å². The zero-order valence-electron chi connectivity index (χ0n) is 11.5. The summed E-state index contributed by atoms with van der Waals surface area (Å²) >= 11 is 0. The van der Waals surface area contributed by atoms with E-state index in [1.807, 2.05) is 24.4 Å². The maximum absolute atomic E-state index is 10.6. The fourth-order valence-corrected chi connectivity index (χ4v) is 2.26. The van der Waals surface area contributed by atoms with E-state index in [2.05, 4.69) is 5.10 Å². The van der Waals surface area contributed by atoms with Gasteiger partial charge in [0.15, 0.2) is 11.5 Å². The Balaban J connectivity index is 1.88. The molecule has 0 unspecified atom stereocenters. The Labute approximate surface area is 121 Å². The van der Waals surface area contributed by atoms with Crippen molar-refractivity contribution in [2.75, 3.05) is 13.2 Å². The lowest BCUT2D eigenvalue weighted by Gasteiger charge is -2.11. The number of hydrogen-bond acceptors (Lipinski definition) is 4. The first-order chi connectivity index (χ1) is 10.2. The Morgan fingerprint density at radius 2 is 2.19 bits per heavy atom. The van der Waals surface area contributed by atoms with Crippen LogP contribution in [-0.2, 0) is 11.3 Å². The minimum Gasteiger partial charge on any atom is -0.490 e. The van der Waals surface area contributed by atoms with E-state index < -0.39 is 5.97 Å². The number of fused-ring (bicyclic) bond motifs is 1. The van der Waals surface area contributed by atoms with Crippen LogP contribution in [0.5, 0.6) is 11.5 Å². The first kappa shape index (κ1) is 13.5. The van der Waals surface area contributed by atoms with Crippen LogP contribution in [0.15, 0.2) is 30.6 Å². The molecule has 1 aliphatic heterocycles. The van der Waals surface area contributed by atoms with Crippen molar-refractivity contribution in [3.63, 3.8) is 0 Å². The van der Waals surface area contributed by atoms with Crippen LogP contribution in [0.25, 0.3) is 11.1 Å². The average Bonchev–Trinajstić information content (AvgIpc) is 2.81. The fraction of sp³-hybridized carbons (Fsp3) is 0.333. The summed E-state index contributed by atoms with van der Waals surface area (Å²) < 4.78 is 13.1. The van der Waals surface area contributed by atoms with Gasteiger partial charge < -0.3 is 14.6 Å². The van der Waals surface area contributed by atoms with Crippen LogP contribution < -0.4 is 9.47 Å². The standard InChI is InChI=1S/C15H16N2O4/c18-14(19)5-6-17-10-11(9-16-17)12-3-1-4-13-15(12)21-8-2-7-20-13/h1,3-4,9-10H,2,5-8H2,(H,18,19). The van der Waals surface area contributed by atoms with Gasteiger partial charge in [0.05, 0.1) is 32.4 Å². The van der Waals surface area contributed by atoms with E-state index in [1.165, 1.54) is 0 Å². The molecule has 0 saturated carbocycles. The van der Waals surface area contributed by atoms with E-state index in [0.29, 0.717) is 19.8 Å². The molecule has 0 radical (unpaired) electrons. The third kappa shape index (κ3) is 2.99. The molecule has 6 nitrogen and oxygen atoms in total. The van der Waals surface area contributed by atoms with Crippen LogP contribution >= 0.6 is 0 Å². The summed E-state index contributed by atoms with van der Waals surface area (Å²) in [6.45, 7) is 1.62. The average molecular weight is 288 g/mol. The van der Waals surface area contributed by atoms with Gasteiger partial charge in [0.25, 0.3) is 0 Å². The van der Waals surface area contributed by atoms with E-state index in [9.17, 15) is 4.79 Å². The molecule has 3 rings (SSSR count). The lowest BCUT2D eigenvalue weighted by atomic mass is 10.1. The number of aromatic nitrogens is 2. The minimum atomic E-state index is -0.836. The number of ether oxygens (including phenoxy) is 2. The molecule has 2 aromatic rings. The molecule has 1 N–H and O–H groups in total. The number of aliphatic carboxylic acids is 1. The van der Waals surface area contributed by atoms with Crippen molar-refractivity contribution in [1.29, 1.82) is 0 Å². The van der Waals surface area contributed by atoms with Crippen molar-refractivity contribution >= 4 is 5.97 Å². The van der Waals surface area contributed by atoms with Crippen molar-refractivity contribution in [1.82, 2.24) is 9.78 Å². The van der Waals surface area contributed by atoms with Gasteiger partial charge in [0.2, 0.25) is 0 Å². The molecular formula is C15H16N2O4. The summed E-state index contributed by atoms with van der Waals surface area (Å²) in [4.78, 5) is 10.6. The van der Waals surface area contributed by atoms with Gasteiger partial charge >= 0.3 is 5.97 Å². The normalized spacial score (nSPS) is 13.7. The second-order valence-corrected chi connectivity index (χ2v) is 4.82. The molecule has 0 spiro atoms.